The highest BCUT2D eigenvalue weighted by Gasteiger charge is 2.18. The molecule has 7 heterocycles. The molecule has 1 aliphatic heterocycles. The smallest absolute Gasteiger partial charge is 0.251 e. The van der Waals surface area contributed by atoms with Crippen LogP contribution in [0.25, 0.3) is 21.9 Å². The number of nitrogens with one attached hydrogen (secondary N) is 2. The van der Waals surface area contributed by atoms with Crippen LogP contribution >= 0.6 is 11.6 Å². The maximum absolute atomic E-state index is 13.0. The molecule has 7 N–H and O–H groups in total. The van der Waals surface area contributed by atoms with E-state index in [1.54, 1.807) is 24.7 Å². The number of halogens is 1. The van der Waals surface area contributed by atoms with Crippen molar-refractivity contribution in [3.05, 3.63) is 152 Å². The molecule has 0 unspecified atom stereocenters. The van der Waals surface area contributed by atoms with E-state index in [-0.39, 0.29) is 26.5 Å². The van der Waals surface area contributed by atoms with Crippen LogP contribution in [0.15, 0.2) is 85.3 Å². The van der Waals surface area contributed by atoms with Crippen molar-refractivity contribution in [1.29, 1.82) is 0 Å². The van der Waals surface area contributed by atoms with Crippen molar-refractivity contribution in [2.45, 2.75) is 80.9 Å². The number of hydrogen-bond acceptors (Lipinski definition) is 12. The van der Waals surface area contributed by atoms with Crippen molar-refractivity contribution < 1.29 is 20.1 Å². The van der Waals surface area contributed by atoms with E-state index in [0.717, 1.165) is 81.0 Å². The highest BCUT2D eigenvalue weighted by atomic mass is 35.5. The van der Waals surface area contributed by atoms with Gasteiger partial charge in [-0.3, -0.25) is 14.8 Å². The van der Waals surface area contributed by atoms with E-state index < -0.39 is 6.10 Å². The SMILES string of the molecule is C.Cc1cc(C)c2cccnc2n1.Cc1cc(C)nc(N)c1.Cc1nc2c(c(C)c1CNC(=O)c1ccnc(Cc3ccc4ncc(Cl)cc4c3)c1)CCCN2.OCC(O)CO. The van der Waals surface area contributed by atoms with Gasteiger partial charge in [-0.2, -0.15) is 0 Å². The van der Waals surface area contributed by atoms with E-state index in [2.05, 4.69) is 61.5 Å². The van der Waals surface area contributed by atoms with Gasteiger partial charge in [-0.25, -0.2) is 19.9 Å². The molecule has 0 radical (unpaired) electrons. The third kappa shape index (κ3) is 13.7. The third-order valence-electron chi connectivity index (χ3n) is 9.86. The summed E-state index contributed by atoms with van der Waals surface area (Å²) in [6.07, 6.45) is 6.89. The molecule has 1 aliphatic rings. The largest absolute Gasteiger partial charge is 0.394 e. The maximum atomic E-state index is 13.0. The van der Waals surface area contributed by atoms with Gasteiger partial charge in [0.1, 0.15) is 17.7 Å². The Morgan fingerprint density at radius 3 is 2.35 bits per heavy atom. The number of fused-ring (bicyclic) bond motifs is 3. The van der Waals surface area contributed by atoms with Gasteiger partial charge in [0.15, 0.2) is 5.65 Å². The lowest BCUT2D eigenvalue weighted by molar-refractivity contribution is 0.0450. The number of hydrogen-bond donors (Lipinski definition) is 6. The molecule has 0 atom stereocenters. The Balaban J connectivity index is 0.000000244. The Bertz CT molecular complexity index is 2550. The van der Waals surface area contributed by atoms with Crippen LogP contribution in [-0.4, -0.2) is 77.0 Å². The van der Waals surface area contributed by atoms with Crippen LogP contribution in [0.4, 0.5) is 11.6 Å². The second-order valence-electron chi connectivity index (χ2n) is 14.9. The molecule has 326 valence electrons. The van der Waals surface area contributed by atoms with E-state index >= 15 is 0 Å². The minimum absolute atomic E-state index is 0. The van der Waals surface area contributed by atoms with Crippen molar-refractivity contribution in [2.75, 3.05) is 30.8 Å². The minimum Gasteiger partial charge on any atom is -0.394 e. The van der Waals surface area contributed by atoms with Gasteiger partial charge in [0.2, 0.25) is 0 Å². The Labute approximate surface area is 368 Å². The first kappa shape index (κ1) is 48.5. The van der Waals surface area contributed by atoms with Gasteiger partial charge in [-0.05, 0) is 148 Å². The van der Waals surface area contributed by atoms with E-state index in [9.17, 15) is 4.79 Å². The van der Waals surface area contributed by atoms with Crippen molar-refractivity contribution in [3.63, 3.8) is 0 Å². The molecule has 1 aromatic carbocycles. The molecular weight excluding hydrogens is 802 g/mol. The molecule has 0 aliphatic carbocycles. The summed E-state index contributed by atoms with van der Waals surface area (Å²) in [6.45, 7) is 12.8. The van der Waals surface area contributed by atoms with Crippen LogP contribution in [0.5, 0.6) is 0 Å². The summed E-state index contributed by atoms with van der Waals surface area (Å²) in [4.78, 5) is 39.0. The van der Waals surface area contributed by atoms with Gasteiger partial charge in [0.05, 0.1) is 23.8 Å². The molecule has 0 saturated heterocycles. The summed E-state index contributed by atoms with van der Waals surface area (Å²) in [5.74, 6) is 1.47. The van der Waals surface area contributed by atoms with Gasteiger partial charge in [-0.15, -0.1) is 0 Å². The highest BCUT2D eigenvalue weighted by Crippen LogP contribution is 2.28. The number of anilines is 2. The lowest BCUT2D eigenvalue weighted by Gasteiger charge is -2.22. The number of rotatable bonds is 7. The molecule has 0 saturated carbocycles. The first-order valence-electron chi connectivity index (χ1n) is 20.0. The third-order valence-corrected chi connectivity index (χ3v) is 10.1. The zero-order valence-corrected chi connectivity index (χ0v) is 36.3. The van der Waals surface area contributed by atoms with Crippen molar-refractivity contribution in [1.82, 2.24) is 35.2 Å². The zero-order valence-electron chi connectivity index (χ0n) is 35.5. The summed E-state index contributed by atoms with van der Waals surface area (Å²) in [5, 5.41) is 33.2. The lowest BCUT2D eigenvalue weighted by atomic mass is 9.96. The number of nitrogen functional groups attached to an aromatic ring is 1. The second-order valence-corrected chi connectivity index (χ2v) is 15.4. The predicted molar refractivity (Wildman–Crippen MR) is 250 cm³/mol. The van der Waals surface area contributed by atoms with Gasteiger partial charge in [-0.1, -0.05) is 25.1 Å². The number of aliphatic hydroxyl groups excluding tert-OH is 3. The van der Waals surface area contributed by atoms with Crippen molar-refractivity contribution in [3.8, 4) is 0 Å². The Morgan fingerprint density at radius 1 is 0.887 bits per heavy atom. The van der Waals surface area contributed by atoms with E-state index in [1.807, 2.05) is 76.2 Å². The second kappa shape index (κ2) is 23.2. The number of aromatic nitrogens is 6. The van der Waals surface area contributed by atoms with Crippen LogP contribution in [-0.2, 0) is 19.4 Å². The summed E-state index contributed by atoms with van der Waals surface area (Å²) in [5.41, 5.74) is 18.6. The molecule has 7 aromatic rings. The number of nitrogens with two attached hydrogens (primary N) is 1. The normalized spacial score (nSPS) is 11.4. The number of amides is 1. The molecule has 6 aromatic heterocycles. The number of aliphatic hydroxyl groups is 3. The predicted octanol–water partition coefficient (Wildman–Crippen LogP) is 7.67. The molecule has 0 fully saturated rings. The average Bonchev–Trinajstić information content (AvgIpc) is 3.23. The topological polar surface area (TPSA) is 205 Å². The summed E-state index contributed by atoms with van der Waals surface area (Å²) < 4.78 is 0. The average molecular weight is 861 g/mol. The van der Waals surface area contributed by atoms with Crippen LogP contribution in [0.3, 0.4) is 0 Å². The first-order valence-corrected chi connectivity index (χ1v) is 20.4. The van der Waals surface area contributed by atoms with E-state index in [0.29, 0.717) is 29.4 Å². The van der Waals surface area contributed by atoms with Gasteiger partial charge in [0.25, 0.3) is 5.91 Å². The number of carbonyl (C=O) groups is 1. The van der Waals surface area contributed by atoms with Crippen molar-refractivity contribution in [2.24, 2.45) is 0 Å². The highest BCUT2D eigenvalue weighted by molar-refractivity contribution is 6.31. The number of benzene rings is 1. The van der Waals surface area contributed by atoms with E-state index in [1.165, 1.54) is 22.3 Å². The van der Waals surface area contributed by atoms with Crippen LogP contribution in [0.1, 0.15) is 80.4 Å². The Morgan fingerprint density at radius 2 is 1.65 bits per heavy atom. The molecule has 0 bridgehead atoms. The molecule has 13 nitrogen and oxygen atoms in total. The first-order chi connectivity index (χ1) is 29.2. The Hall–Kier alpha value is -6.12. The van der Waals surface area contributed by atoms with E-state index in [4.69, 9.17) is 37.6 Å². The molecule has 1 amide bonds. The van der Waals surface area contributed by atoms with Gasteiger partial charge in [0, 0.05) is 77.2 Å². The van der Waals surface area contributed by atoms with Gasteiger partial charge < -0.3 is 31.7 Å². The van der Waals surface area contributed by atoms with Crippen LogP contribution in [0.2, 0.25) is 5.02 Å². The van der Waals surface area contributed by atoms with Crippen molar-refractivity contribution >= 4 is 51.1 Å². The molecule has 0 spiro atoms. The van der Waals surface area contributed by atoms with Gasteiger partial charge >= 0.3 is 0 Å². The number of aryl methyl sites for hydroxylation is 5. The number of pyridine rings is 6. The van der Waals surface area contributed by atoms with Crippen LogP contribution < -0.4 is 16.4 Å². The maximum Gasteiger partial charge on any atom is 0.251 e. The minimum atomic E-state index is -0.954. The quantitative estimate of drug-likeness (QED) is 0.0914. The fraction of sp³-hybridized carbons (Fsp3) is 0.312. The molecule has 14 heteroatoms. The molecule has 8 rings (SSSR count). The lowest BCUT2D eigenvalue weighted by Crippen LogP contribution is -2.25. The Kier molecular flexibility index (Phi) is 18.2. The monoisotopic (exact) mass is 859 g/mol. The summed E-state index contributed by atoms with van der Waals surface area (Å²) in [7, 11) is 0. The molecule has 62 heavy (non-hydrogen) atoms. The number of carbonyl (C=O) groups excluding carboxylic acids is 1. The molecular formula is C48H58ClN9O4. The summed E-state index contributed by atoms with van der Waals surface area (Å²) in [6, 6.07) is 21.5. The number of nitrogens with zero attached hydrogens (tertiary/aromatic N) is 6. The fourth-order valence-corrected chi connectivity index (χ4v) is 7.06. The zero-order chi connectivity index (χ0) is 44.1. The fourth-order valence-electron chi connectivity index (χ4n) is 6.89. The standard InChI is InChI=1S/C27H26ClN5O.C10H10N2.C7H10N2.C3H8O3.CH4/c1-16-23-4-3-8-30-26(23)33-17(2)24(16)15-32-27(34)19-7-9-29-22(13-19)11-18-5-6-25-20(10-18)12-21(28)14-31-25;1-7-6-8(2)12-10-9(7)4-3-5-11-10;1-5-3-6(2)9-7(8)4-5;4-1-3(6)2-5;/h5-7,9-10,12-14H,3-4,8,11,15H2,1-2H3,(H,30,33)(H,32,34);3-6H,1-2H3;3-4H,1-2H3,(H2,8,9);3-6H,1-2H2;1H4. The van der Waals surface area contributed by atoms with Crippen LogP contribution in [0, 0.1) is 41.5 Å². The summed E-state index contributed by atoms with van der Waals surface area (Å²) >= 11 is 6.09.